The first-order chi connectivity index (χ1) is 7.98. The molecule has 0 aliphatic carbocycles. The van der Waals surface area contributed by atoms with Crippen LogP contribution in [-0.4, -0.2) is 17.3 Å². The summed E-state index contributed by atoms with van der Waals surface area (Å²) in [5, 5.41) is 22.3. The summed E-state index contributed by atoms with van der Waals surface area (Å²) in [4.78, 5) is 0. The van der Waals surface area contributed by atoms with Crippen LogP contribution in [0.2, 0.25) is 5.02 Å². The molecule has 0 radical (unpaired) electrons. The lowest BCUT2D eigenvalue weighted by molar-refractivity contribution is 0.0637. The maximum absolute atomic E-state index is 10.0. The highest BCUT2D eigenvalue weighted by Crippen LogP contribution is 2.24. The number of nitrogens with one attached hydrogen (secondary N) is 1. The zero-order chi connectivity index (χ0) is 12.9. The molecule has 1 rings (SSSR count). The molecule has 1 atom stereocenters. The van der Waals surface area contributed by atoms with E-state index >= 15 is 0 Å². The van der Waals surface area contributed by atoms with Gasteiger partial charge in [-0.05, 0) is 31.5 Å². The molecule has 4 heteroatoms. The summed E-state index contributed by atoms with van der Waals surface area (Å²) in [6, 6.07) is 7.09. The Morgan fingerprint density at radius 1 is 1.53 bits per heavy atom. The van der Waals surface area contributed by atoms with Gasteiger partial charge >= 0.3 is 0 Å². The number of nitrogens with zero attached hydrogens (tertiary/aromatic N) is 1. The third-order valence-electron chi connectivity index (χ3n) is 2.55. The average Bonchev–Trinajstić information content (AvgIpc) is 2.27. The molecule has 92 valence electrons. The molecule has 0 amide bonds. The minimum absolute atomic E-state index is 0.437. The molecule has 0 saturated carbocycles. The Morgan fingerprint density at radius 3 is 2.76 bits per heavy atom. The van der Waals surface area contributed by atoms with Gasteiger partial charge in [0.2, 0.25) is 0 Å². The summed E-state index contributed by atoms with van der Waals surface area (Å²) in [5.41, 5.74) is 0.523. The number of nitriles is 1. The molecule has 0 saturated heterocycles. The van der Waals surface area contributed by atoms with Crippen LogP contribution in [0, 0.1) is 11.3 Å². The quantitative estimate of drug-likeness (QED) is 0.846. The molecular formula is C13H17ClN2O. The van der Waals surface area contributed by atoms with Crippen molar-refractivity contribution in [3.8, 4) is 6.07 Å². The summed E-state index contributed by atoms with van der Waals surface area (Å²) in [5.74, 6) is 0. The van der Waals surface area contributed by atoms with Gasteiger partial charge in [0.1, 0.15) is 0 Å². The molecule has 0 fully saturated rings. The van der Waals surface area contributed by atoms with E-state index in [1.807, 2.05) is 13.0 Å². The van der Waals surface area contributed by atoms with Gasteiger partial charge in [0.15, 0.2) is 0 Å². The highest BCUT2D eigenvalue weighted by Gasteiger charge is 2.18. The topological polar surface area (TPSA) is 56.0 Å². The van der Waals surface area contributed by atoms with Crippen LogP contribution < -0.4 is 5.32 Å². The number of halogens is 1. The zero-order valence-corrected chi connectivity index (χ0v) is 10.9. The number of aliphatic hydroxyl groups is 1. The van der Waals surface area contributed by atoms with Crippen LogP contribution in [-0.2, 0) is 0 Å². The number of hydrogen-bond donors (Lipinski definition) is 2. The standard InChI is InChI=1S/C13H17ClN2O/c1-3-6-13(2,17)9-16-12-5-4-10(8-15)7-11(12)14/h4-5,7,16-17H,3,6,9H2,1-2H3. The van der Waals surface area contributed by atoms with Crippen LogP contribution >= 0.6 is 11.6 Å². The molecule has 2 N–H and O–H groups in total. The van der Waals surface area contributed by atoms with E-state index in [9.17, 15) is 5.11 Å². The van der Waals surface area contributed by atoms with E-state index in [-0.39, 0.29) is 0 Å². The fraction of sp³-hybridized carbons (Fsp3) is 0.462. The second-order valence-electron chi connectivity index (χ2n) is 4.41. The van der Waals surface area contributed by atoms with Crippen LogP contribution in [0.15, 0.2) is 18.2 Å². The maximum atomic E-state index is 10.0. The molecule has 0 heterocycles. The molecule has 0 bridgehead atoms. The van der Waals surface area contributed by atoms with Gasteiger partial charge in [-0.15, -0.1) is 0 Å². The van der Waals surface area contributed by atoms with Crippen LogP contribution in [0.5, 0.6) is 0 Å². The van der Waals surface area contributed by atoms with Crippen molar-refractivity contribution in [2.75, 3.05) is 11.9 Å². The Balaban J connectivity index is 2.67. The number of rotatable bonds is 5. The second-order valence-corrected chi connectivity index (χ2v) is 4.81. The first-order valence-corrected chi connectivity index (χ1v) is 6.02. The van der Waals surface area contributed by atoms with Crippen molar-refractivity contribution in [2.24, 2.45) is 0 Å². The monoisotopic (exact) mass is 252 g/mol. The molecule has 1 aromatic rings. The molecular weight excluding hydrogens is 236 g/mol. The Labute approximate surface area is 107 Å². The van der Waals surface area contributed by atoms with Crippen LogP contribution in [0.3, 0.4) is 0 Å². The predicted octanol–water partition coefficient (Wildman–Crippen LogP) is 3.17. The minimum atomic E-state index is -0.744. The largest absolute Gasteiger partial charge is 0.388 e. The smallest absolute Gasteiger partial charge is 0.0992 e. The van der Waals surface area contributed by atoms with Gasteiger partial charge in [-0.3, -0.25) is 0 Å². The number of anilines is 1. The van der Waals surface area contributed by atoms with Gasteiger partial charge in [-0.2, -0.15) is 5.26 Å². The van der Waals surface area contributed by atoms with Gasteiger partial charge < -0.3 is 10.4 Å². The molecule has 17 heavy (non-hydrogen) atoms. The molecule has 0 spiro atoms. The van der Waals surface area contributed by atoms with Crippen molar-refractivity contribution >= 4 is 17.3 Å². The summed E-state index contributed by atoms with van der Waals surface area (Å²) in [6.45, 7) is 4.26. The van der Waals surface area contributed by atoms with Crippen LogP contribution in [0.25, 0.3) is 0 Å². The number of hydrogen-bond acceptors (Lipinski definition) is 3. The SMILES string of the molecule is CCCC(C)(O)CNc1ccc(C#N)cc1Cl. The van der Waals surface area contributed by atoms with E-state index < -0.39 is 5.60 Å². The van der Waals surface area contributed by atoms with E-state index in [2.05, 4.69) is 5.32 Å². The normalized spacial score (nSPS) is 13.8. The lowest BCUT2D eigenvalue weighted by Crippen LogP contribution is -2.33. The number of benzene rings is 1. The molecule has 0 aromatic heterocycles. The van der Waals surface area contributed by atoms with Gasteiger partial charge in [0, 0.05) is 6.54 Å². The summed E-state index contributed by atoms with van der Waals surface area (Å²) >= 11 is 6.02. The molecule has 1 unspecified atom stereocenters. The molecule has 3 nitrogen and oxygen atoms in total. The van der Waals surface area contributed by atoms with Crippen molar-refractivity contribution in [1.29, 1.82) is 5.26 Å². The fourth-order valence-electron chi connectivity index (χ4n) is 1.64. The highest BCUT2D eigenvalue weighted by molar-refractivity contribution is 6.33. The van der Waals surface area contributed by atoms with Crippen LogP contribution in [0.1, 0.15) is 32.3 Å². The maximum Gasteiger partial charge on any atom is 0.0992 e. The minimum Gasteiger partial charge on any atom is -0.388 e. The van der Waals surface area contributed by atoms with Crippen LogP contribution in [0.4, 0.5) is 5.69 Å². The van der Waals surface area contributed by atoms with E-state index in [0.29, 0.717) is 17.1 Å². The first kappa shape index (κ1) is 13.8. The summed E-state index contributed by atoms with van der Waals surface area (Å²) in [7, 11) is 0. The van der Waals surface area contributed by atoms with E-state index in [0.717, 1.165) is 18.5 Å². The van der Waals surface area contributed by atoms with Crippen molar-refractivity contribution in [3.05, 3.63) is 28.8 Å². The average molecular weight is 253 g/mol. The predicted molar refractivity (Wildman–Crippen MR) is 70.2 cm³/mol. The van der Waals surface area contributed by atoms with Gasteiger partial charge in [0.25, 0.3) is 0 Å². The summed E-state index contributed by atoms with van der Waals surface area (Å²) < 4.78 is 0. The van der Waals surface area contributed by atoms with Crippen molar-refractivity contribution in [1.82, 2.24) is 0 Å². The van der Waals surface area contributed by atoms with Crippen molar-refractivity contribution in [3.63, 3.8) is 0 Å². The lowest BCUT2D eigenvalue weighted by atomic mass is 10.0. The van der Waals surface area contributed by atoms with E-state index in [1.165, 1.54) is 0 Å². The third-order valence-corrected chi connectivity index (χ3v) is 2.86. The second kappa shape index (κ2) is 5.90. The Morgan fingerprint density at radius 2 is 2.24 bits per heavy atom. The Hall–Kier alpha value is -1.24. The van der Waals surface area contributed by atoms with E-state index in [4.69, 9.17) is 16.9 Å². The highest BCUT2D eigenvalue weighted by atomic mass is 35.5. The molecule has 0 aliphatic rings. The van der Waals surface area contributed by atoms with Crippen molar-refractivity contribution in [2.45, 2.75) is 32.3 Å². The van der Waals surface area contributed by atoms with Crippen molar-refractivity contribution < 1.29 is 5.11 Å². The van der Waals surface area contributed by atoms with E-state index in [1.54, 1.807) is 25.1 Å². The molecule has 0 aliphatic heterocycles. The van der Waals surface area contributed by atoms with Gasteiger partial charge in [-0.1, -0.05) is 24.9 Å². The third kappa shape index (κ3) is 4.26. The zero-order valence-electron chi connectivity index (χ0n) is 10.1. The van der Waals surface area contributed by atoms with Gasteiger partial charge in [-0.25, -0.2) is 0 Å². The lowest BCUT2D eigenvalue weighted by Gasteiger charge is -2.23. The fourth-order valence-corrected chi connectivity index (χ4v) is 1.89. The van der Waals surface area contributed by atoms with Gasteiger partial charge in [0.05, 0.1) is 27.9 Å². The first-order valence-electron chi connectivity index (χ1n) is 5.64. The Bertz CT molecular complexity index is 424. The molecule has 1 aromatic carbocycles. The summed E-state index contributed by atoms with van der Waals surface area (Å²) in [6.07, 6.45) is 1.66. The Kier molecular flexibility index (Phi) is 4.80.